The van der Waals surface area contributed by atoms with Crippen LogP contribution in [0.3, 0.4) is 0 Å². The Bertz CT molecular complexity index is 2370. The molecule has 2 aromatic heterocycles. The van der Waals surface area contributed by atoms with Crippen LogP contribution in [0.4, 0.5) is 0 Å². The zero-order valence-corrected chi connectivity index (χ0v) is 37.2. The van der Waals surface area contributed by atoms with Gasteiger partial charge in [0.05, 0.1) is 31.3 Å². The maximum Gasteiger partial charge on any atom is 2.00 e. The molecular formula is C48H36Cl2CuN4O6P2. The first kappa shape index (κ1) is 49.4. The summed E-state index contributed by atoms with van der Waals surface area (Å²) in [7, 11) is -0.892. The van der Waals surface area contributed by atoms with Gasteiger partial charge in [-0.05, 0) is 59.8 Å². The zero-order chi connectivity index (χ0) is 44.1. The van der Waals surface area contributed by atoms with Crippen molar-refractivity contribution in [3.63, 3.8) is 0 Å². The Morgan fingerprint density at radius 1 is 0.349 bits per heavy atom. The van der Waals surface area contributed by atoms with Crippen molar-refractivity contribution in [2.75, 3.05) is 0 Å². The summed E-state index contributed by atoms with van der Waals surface area (Å²) < 4.78 is 0. The third kappa shape index (κ3) is 15.2. The molecule has 1 radical (unpaired) electrons. The van der Waals surface area contributed by atoms with Crippen LogP contribution >= 0.6 is 39.0 Å². The van der Waals surface area contributed by atoms with Crippen LogP contribution in [0.15, 0.2) is 219 Å². The van der Waals surface area contributed by atoms with E-state index in [2.05, 4.69) is 192 Å². The third-order valence-corrected chi connectivity index (χ3v) is 14.1. The number of benzene rings is 7. The molecule has 0 atom stereocenters. The molecule has 0 bridgehead atoms. The molecule has 2 heterocycles. The van der Waals surface area contributed by atoms with E-state index in [4.69, 9.17) is 53.8 Å². The van der Waals surface area contributed by atoms with E-state index < -0.39 is 26.0 Å². The Hall–Kier alpha value is -6.28. The van der Waals surface area contributed by atoms with Gasteiger partial charge in [0, 0.05) is 23.2 Å². The van der Waals surface area contributed by atoms with Crippen LogP contribution in [0.25, 0.3) is 21.8 Å². The van der Waals surface area contributed by atoms with Crippen molar-refractivity contribution in [1.29, 1.82) is 0 Å². The van der Waals surface area contributed by atoms with E-state index in [0.29, 0.717) is 10.0 Å². The molecule has 7 aromatic carbocycles. The van der Waals surface area contributed by atoms with Gasteiger partial charge in [-0.1, -0.05) is 217 Å². The molecule has 63 heavy (non-hydrogen) atoms. The molecule has 0 saturated heterocycles. The van der Waals surface area contributed by atoms with E-state index >= 15 is 0 Å². The van der Waals surface area contributed by atoms with Crippen LogP contribution in [0.1, 0.15) is 0 Å². The standard InChI is InChI=1S/2C18H15P.C12H6Cl2N2.Cu.2NO3/c2*1-4-10-16(11-5-1)19(17-12-6-2-7-13-17)18-14-8-3-9-15-18;13-9-3-5-15-11-7(9)1-2-8-10(14)4-6-16-12(8)11;;2*2-1(3)4/h2*1-15H;1-6H;;;/q;;;+2;2*-1. The largest absolute Gasteiger partial charge is 2.00 e. The average Bonchev–Trinajstić information content (AvgIpc) is 3.29. The predicted octanol–water partition coefficient (Wildman–Crippen LogP) is 10.5. The van der Waals surface area contributed by atoms with Crippen molar-refractivity contribution in [3.8, 4) is 0 Å². The summed E-state index contributed by atoms with van der Waals surface area (Å²) in [6.07, 6.45) is 3.35. The summed E-state index contributed by atoms with van der Waals surface area (Å²) in [6, 6.07) is 72.0. The van der Waals surface area contributed by atoms with E-state index in [1.165, 1.54) is 31.8 Å². The number of aromatic nitrogens is 2. The number of rotatable bonds is 6. The maximum absolute atomic E-state index is 8.25. The summed E-state index contributed by atoms with van der Waals surface area (Å²) in [4.78, 5) is 25.1. The first-order valence-electron chi connectivity index (χ1n) is 18.6. The third-order valence-electron chi connectivity index (χ3n) is 8.60. The molecule has 0 aliphatic heterocycles. The Kier molecular flexibility index (Phi) is 20.6. The molecule has 0 aliphatic carbocycles. The second-order valence-electron chi connectivity index (χ2n) is 12.6. The molecular weight excluding hydrogens is 925 g/mol. The summed E-state index contributed by atoms with van der Waals surface area (Å²) >= 11 is 12.2. The van der Waals surface area contributed by atoms with Crippen molar-refractivity contribution in [3.05, 3.63) is 259 Å². The fraction of sp³-hybridized carbons (Fsp3) is 0. The molecule has 0 spiro atoms. The molecule has 0 fully saturated rings. The van der Waals surface area contributed by atoms with E-state index in [-0.39, 0.29) is 17.1 Å². The summed E-state index contributed by atoms with van der Waals surface area (Å²) in [5, 5.41) is 41.0. The number of nitrogens with zero attached hydrogens (tertiary/aromatic N) is 4. The second-order valence-corrected chi connectivity index (χ2v) is 17.8. The number of hydrogen-bond donors (Lipinski definition) is 0. The normalized spacial score (nSPS) is 9.97. The monoisotopic (exact) mass is 959 g/mol. The van der Waals surface area contributed by atoms with Crippen molar-refractivity contribution in [2.24, 2.45) is 0 Å². The second kappa shape index (κ2) is 26.3. The molecule has 9 rings (SSSR count). The first-order chi connectivity index (χ1) is 30.1. The minimum absolute atomic E-state index is 0. The number of hydrogen-bond acceptors (Lipinski definition) is 8. The first-order valence-corrected chi connectivity index (χ1v) is 22.1. The number of fused-ring (bicyclic) bond motifs is 3. The van der Waals surface area contributed by atoms with E-state index in [1.54, 1.807) is 24.5 Å². The van der Waals surface area contributed by atoms with Crippen LogP contribution in [-0.2, 0) is 17.1 Å². The maximum atomic E-state index is 8.25. The summed E-state index contributed by atoms with van der Waals surface area (Å²) in [6.45, 7) is 0. The molecule has 0 N–H and O–H groups in total. The van der Waals surface area contributed by atoms with Gasteiger partial charge in [0.25, 0.3) is 0 Å². The molecule has 0 saturated carbocycles. The summed E-state index contributed by atoms with van der Waals surface area (Å²) in [5.41, 5.74) is 1.57. The van der Waals surface area contributed by atoms with Gasteiger partial charge in [-0.25, -0.2) is 0 Å². The minimum Gasteiger partial charge on any atom is -0.356 e. The fourth-order valence-corrected chi connectivity index (χ4v) is 11.1. The molecule has 0 unspecified atom stereocenters. The van der Waals surface area contributed by atoms with Gasteiger partial charge in [0.1, 0.15) is 0 Å². The van der Waals surface area contributed by atoms with E-state index in [0.717, 1.165) is 21.8 Å². The Balaban J connectivity index is 0.000000190. The van der Waals surface area contributed by atoms with E-state index in [9.17, 15) is 0 Å². The van der Waals surface area contributed by atoms with Crippen LogP contribution in [0, 0.1) is 30.6 Å². The Labute approximate surface area is 387 Å². The quantitative estimate of drug-likeness (QED) is 0.0524. The number of halogens is 2. The molecule has 10 nitrogen and oxygen atoms in total. The van der Waals surface area contributed by atoms with Gasteiger partial charge >= 0.3 is 17.1 Å². The van der Waals surface area contributed by atoms with Crippen LogP contribution in [-0.4, -0.2) is 20.1 Å². The number of pyridine rings is 2. The summed E-state index contributed by atoms with van der Waals surface area (Å²) in [5.74, 6) is 0. The molecule has 9 aromatic rings. The molecule has 319 valence electrons. The van der Waals surface area contributed by atoms with Gasteiger partial charge in [0.15, 0.2) is 0 Å². The van der Waals surface area contributed by atoms with Gasteiger partial charge in [0.2, 0.25) is 0 Å². The smallest absolute Gasteiger partial charge is 0.356 e. The van der Waals surface area contributed by atoms with Gasteiger partial charge in [-0.15, -0.1) is 0 Å². The predicted molar refractivity (Wildman–Crippen MR) is 258 cm³/mol. The van der Waals surface area contributed by atoms with Gasteiger partial charge < -0.3 is 30.6 Å². The Morgan fingerprint density at radius 2 is 0.540 bits per heavy atom. The zero-order valence-electron chi connectivity index (χ0n) is 33.0. The van der Waals surface area contributed by atoms with Gasteiger partial charge in [-0.2, -0.15) is 0 Å². The van der Waals surface area contributed by atoms with Crippen LogP contribution in [0.2, 0.25) is 10.0 Å². The molecule has 0 amide bonds. The van der Waals surface area contributed by atoms with Crippen molar-refractivity contribution >= 4 is 92.7 Å². The van der Waals surface area contributed by atoms with Crippen LogP contribution < -0.4 is 31.8 Å². The Morgan fingerprint density at radius 3 is 0.730 bits per heavy atom. The van der Waals surface area contributed by atoms with Crippen molar-refractivity contribution in [2.45, 2.75) is 0 Å². The fourth-order valence-electron chi connectivity index (χ4n) is 6.12. The topological polar surface area (TPSA) is 158 Å². The van der Waals surface area contributed by atoms with Crippen molar-refractivity contribution < 1.29 is 27.2 Å². The molecule has 15 heteroatoms. The van der Waals surface area contributed by atoms with Gasteiger partial charge in [-0.3, -0.25) is 9.97 Å². The van der Waals surface area contributed by atoms with Crippen molar-refractivity contribution in [1.82, 2.24) is 9.97 Å². The minimum atomic E-state index is -1.75. The average molecular weight is 961 g/mol. The SMILES string of the molecule is Clc1ccnc2c1ccc1c(Cl)ccnc12.O=[N+]([O-])[O-].O=[N+]([O-])[O-].[Cu+2].c1ccc(P(c2ccccc2)c2ccccc2)cc1.c1ccc(P(c2ccccc2)c2ccccc2)cc1. The molecule has 0 aliphatic rings. The van der Waals surface area contributed by atoms with Crippen LogP contribution in [0.5, 0.6) is 0 Å². The van der Waals surface area contributed by atoms with E-state index in [1.807, 2.05) is 12.1 Å².